The van der Waals surface area contributed by atoms with Crippen LogP contribution in [0.15, 0.2) is 30.3 Å². The molecule has 1 aromatic carbocycles. The number of nitrogens with one attached hydrogen (secondary N) is 1. The summed E-state index contributed by atoms with van der Waals surface area (Å²) in [5.74, 6) is 0.334. The van der Waals surface area contributed by atoms with Crippen molar-refractivity contribution in [2.75, 3.05) is 18.2 Å². The van der Waals surface area contributed by atoms with Gasteiger partial charge in [-0.1, -0.05) is 23.7 Å². The van der Waals surface area contributed by atoms with E-state index in [9.17, 15) is 4.79 Å². The van der Waals surface area contributed by atoms with E-state index in [1.807, 2.05) is 12.1 Å². The number of methoxy groups -OCH3 is 1. The van der Waals surface area contributed by atoms with Crippen molar-refractivity contribution in [2.24, 2.45) is 0 Å². The van der Waals surface area contributed by atoms with Crippen molar-refractivity contribution < 1.29 is 14.3 Å². The average molecular weight is 415 g/mol. The fourth-order valence-corrected chi connectivity index (χ4v) is 3.02. The molecule has 0 aliphatic rings. The van der Waals surface area contributed by atoms with E-state index in [1.165, 1.54) is 0 Å². The van der Waals surface area contributed by atoms with E-state index >= 15 is 0 Å². The van der Waals surface area contributed by atoms with Gasteiger partial charge in [0.05, 0.1) is 18.4 Å². The first kappa shape index (κ1) is 20.3. The lowest BCUT2D eigenvalue weighted by Gasteiger charge is -2.11. The number of nitrogens with zero attached hydrogens (tertiary/aromatic N) is 4. The van der Waals surface area contributed by atoms with Crippen LogP contribution < -0.4 is 15.8 Å². The van der Waals surface area contributed by atoms with Gasteiger partial charge >= 0.3 is 5.97 Å². The number of aromatic nitrogens is 4. The second kappa shape index (κ2) is 8.70. The van der Waals surface area contributed by atoms with Gasteiger partial charge in [0.2, 0.25) is 11.9 Å². The van der Waals surface area contributed by atoms with E-state index in [2.05, 4.69) is 25.3 Å². The highest BCUT2D eigenvalue weighted by atomic mass is 35.5. The summed E-state index contributed by atoms with van der Waals surface area (Å²) in [7, 11) is 1.56. The monoisotopic (exact) mass is 414 g/mol. The Morgan fingerprint density at radius 2 is 1.93 bits per heavy atom. The summed E-state index contributed by atoms with van der Waals surface area (Å²) in [5, 5.41) is 3.09. The molecule has 10 heteroatoms. The van der Waals surface area contributed by atoms with Crippen molar-refractivity contribution in [3.63, 3.8) is 0 Å². The van der Waals surface area contributed by atoms with Crippen LogP contribution in [0.25, 0.3) is 0 Å². The maximum atomic E-state index is 12.4. The lowest BCUT2D eigenvalue weighted by molar-refractivity contribution is 0.0461. The maximum absolute atomic E-state index is 12.4. The first-order valence-electron chi connectivity index (χ1n) is 8.58. The molecule has 2 heterocycles. The minimum atomic E-state index is -0.627. The number of nitrogen functional groups attached to an aromatic ring is 1. The summed E-state index contributed by atoms with van der Waals surface area (Å²) in [5.41, 5.74) is 7.99. The largest absolute Gasteiger partial charge is 0.495 e. The standard InChI is InChI=1S/C19H19ClN6O3/c1-10-8-11(2)22-16(20)15(10)17(27)29-9-14-24-18(21)26-19(25-14)23-12-6-4-5-7-13(12)28-3/h4-8H,9H2,1-3H3,(H3,21,23,24,25,26). The predicted octanol–water partition coefficient (Wildman–Crippen LogP) is 3.23. The Morgan fingerprint density at radius 1 is 1.17 bits per heavy atom. The molecule has 9 nitrogen and oxygen atoms in total. The molecule has 2 aromatic heterocycles. The molecule has 0 bridgehead atoms. The van der Waals surface area contributed by atoms with Gasteiger partial charge in [0, 0.05) is 5.69 Å². The third kappa shape index (κ3) is 4.88. The van der Waals surface area contributed by atoms with E-state index in [4.69, 9.17) is 26.8 Å². The molecule has 3 N–H and O–H groups in total. The van der Waals surface area contributed by atoms with Gasteiger partial charge in [0.15, 0.2) is 12.4 Å². The molecule has 0 fully saturated rings. The number of para-hydroxylation sites is 2. The number of carbonyl (C=O) groups is 1. The minimum absolute atomic E-state index is 0.0188. The molecule has 0 saturated heterocycles. The third-order valence-electron chi connectivity index (χ3n) is 3.89. The molecule has 0 radical (unpaired) electrons. The van der Waals surface area contributed by atoms with Gasteiger partial charge in [-0.15, -0.1) is 0 Å². The lowest BCUT2D eigenvalue weighted by atomic mass is 10.1. The van der Waals surface area contributed by atoms with Crippen molar-refractivity contribution in [1.29, 1.82) is 0 Å². The molecule has 0 unspecified atom stereocenters. The Labute approximate surface area is 172 Å². The molecule has 3 rings (SSSR count). The molecule has 0 amide bonds. The molecular formula is C19H19ClN6O3. The normalized spacial score (nSPS) is 10.5. The number of ether oxygens (including phenoxy) is 2. The molecule has 0 spiro atoms. The molecule has 3 aromatic rings. The highest BCUT2D eigenvalue weighted by Gasteiger charge is 2.18. The van der Waals surface area contributed by atoms with Gasteiger partial charge in [0.25, 0.3) is 0 Å². The fourth-order valence-electron chi connectivity index (χ4n) is 2.67. The summed E-state index contributed by atoms with van der Waals surface area (Å²) in [4.78, 5) is 28.8. The number of hydrogen-bond donors (Lipinski definition) is 2. The molecule has 0 aliphatic carbocycles. The zero-order valence-corrected chi connectivity index (χ0v) is 16.8. The van der Waals surface area contributed by atoms with E-state index in [-0.39, 0.29) is 35.0 Å². The SMILES string of the molecule is COc1ccccc1Nc1nc(N)nc(COC(=O)c2c(C)cc(C)nc2Cl)n1. The van der Waals surface area contributed by atoms with Crippen molar-refractivity contribution in [1.82, 2.24) is 19.9 Å². The predicted molar refractivity (Wildman–Crippen MR) is 108 cm³/mol. The van der Waals surface area contributed by atoms with Gasteiger partial charge in [-0.25, -0.2) is 9.78 Å². The van der Waals surface area contributed by atoms with Crippen LogP contribution in [0, 0.1) is 13.8 Å². The van der Waals surface area contributed by atoms with Gasteiger partial charge in [0.1, 0.15) is 10.9 Å². The number of nitrogens with two attached hydrogens (primary N) is 1. The summed E-state index contributed by atoms with van der Waals surface area (Å²) >= 11 is 6.09. The minimum Gasteiger partial charge on any atom is -0.495 e. The molecule has 0 aliphatic heterocycles. The Kier molecular flexibility index (Phi) is 6.08. The van der Waals surface area contributed by atoms with Crippen LogP contribution in [0.1, 0.15) is 27.4 Å². The molecule has 150 valence electrons. The van der Waals surface area contributed by atoms with Crippen molar-refractivity contribution in [3.05, 3.63) is 58.1 Å². The Hall–Kier alpha value is -3.46. The number of hydrogen-bond acceptors (Lipinski definition) is 9. The number of esters is 1. The Morgan fingerprint density at radius 3 is 2.66 bits per heavy atom. The molecule has 29 heavy (non-hydrogen) atoms. The van der Waals surface area contributed by atoms with Gasteiger partial charge in [-0.3, -0.25) is 0 Å². The lowest BCUT2D eigenvalue weighted by Crippen LogP contribution is -2.13. The fraction of sp³-hybridized carbons (Fsp3) is 0.211. The van der Waals surface area contributed by atoms with Crippen molar-refractivity contribution in [3.8, 4) is 5.75 Å². The summed E-state index contributed by atoms with van der Waals surface area (Å²) < 4.78 is 10.6. The van der Waals surface area contributed by atoms with Crippen LogP contribution in [0.4, 0.5) is 17.6 Å². The van der Waals surface area contributed by atoms with Gasteiger partial charge in [-0.2, -0.15) is 15.0 Å². The van der Waals surface area contributed by atoms with Crippen LogP contribution in [0.3, 0.4) is 0 Å². The topological polar surface area (TPSA) is 125 Å². The van der Waals surface area contributed by atoms with Crippen LogP contribution in [-0.2, 0) is 11.3 Å². The Balaban J connectivity index is 1.76. The summed E-state index contributed by atoms with van der Waals surface area (Å²) in [6.45, 7) is 3.33. The average Bonchev–Trinajstić information content (AvgIpc) is 2.65. The quantitative estimate of drug-likeness (QED) is 0.461. The van der Waals surface area contributed by atoms with Crippen LogP contribution in [-0.4, -0.2) is 33.0 Å². The molecular weight excluding hydrogens is 396 g/mol. The van der Waals surface area contributed by atoms with Crippen LogP contribution in [0.5, 0.6) is 5.75 Å². The highest BCUT2D eigenvalue weighted by molar-refractivity contribution is 6.32. The second-order valence-corrected chi connectivity index (χ2v) is 6.44. The number of anilines is 3. The number of halogens is 1. The highest BCUT2D eigenvalue weighted by Crippen LogP contribution is 2.26. The van der Waals surface area contributed by atoms with Gasteiger partial charge in [-0.05, 0) is 37.6 Å². The van der Waals surface area contributed by atoms with E-state index in [0.717, 1.165) is 0 Å². The van der Waals surface area contributed by atoms with E-state index in [0.29, 0.717) is 22.7 Å². The number of rotatable bonds is 6. The number of pyridine rings is 1. The summed E-state index contributed by atoms with van der Waals surface area (Å²) in [6.07, 6.45) is 0. The number of benzene rings is 1. The van der Waals surface area contributed by atoms with Crippen molar-refractivity contribution >= 4 is 35.2 Å². The first-order chi connectivity index (χ1) is 13.9. The molecule has 0 saturated carbocycles. The first-order valence-corrected chi connectivity index (χ1v) is 8.96. The van der Waals surface area contributed by atoms with Gasteiger partial charge < -0.3 is 20.5 Å². The second-order valence-electron chi connectivity index (χ2n) is 6.08. The number of carbonyl (C=O) groups excluding carboxylic acids is 1. The van der Waals surface area contributed by atoms with E-state index in [1.54, 1.807) is 39.2 Å². The third-order valence-corrected chi connectivity index (χ3v) is 4.16. The van der Waals surface area contributed by atoms with E-state index < -0.39 is 5.97 Å². The molecule has 0 atom stereocenters. The zero-order valence-electron chi connectivity index (χ0n) is 16.1. The smallest absolute Gasteiger partial charge is 0.342 e. The Bertz CT molecular complexity index is 1040. The summed E-state index contributed by atoms with van der Waals surface area (Å²) in [6, 6.07) is 9.01. The zero-order chi connectivity index (χ0) is 21.0. The maximum Gasteiger partial charge on any atom is 0.342 e. The van der Waals surface area contributed by atoms with Crippen molar-refractivity contribution in [2.45, 2.75) is 20.5 Å². The van der Waals surface area contributed by atoms with Crippen LogP contribution in [0.2, 0.25) is 5.15 Å². The number of aryl methyl sites for hydroxylation is 2. The van der Waals surface area contributed by atoms with Crippen LogP contribution >= 0.6 is 11.6 Å².